The molecule has 1 aliphatic heterocycles. The molecule has 1 fully saturated rings. The van der Waals surface area contributed by atoms with Crippen molar-refractivity contribution in [3.05, 3.63) is 82.0 Å². The molecule has 4 rings (SSSR count). The molecule has 1 saturated heterocycles. The second-order valence-corrected chi connectivity index (χ2v) is 10.9. The summed E-state index contributed by atoms with van der Waals surface area (Å²) in [5.41, 5.74) is -0.275. The summed E-state index contributed by atoms with van der Waals surface area (Å²) in [7, 11) is 0. The van der Waals surface area contributed by atoms with Crippen molar-refractivity contribution in [1.82, 2.24) is 10.2 Å². The van der Waals surface area contributed by atoms with Crippen LogP contribution in [-0.2, 0) is 38.3 Å². The SMILES string of the molecule is CCOC(=O)[C@]12CCCCC/C=C\1N(CCc1ccc(Cl)cc1)C(=O)[C@H]2CC(=O)NCc1cccc(C(F)(F)F)c1. The van der Waals surface area contributed by atoms with Gasteiger partial charge in [-0.15, -0.1) is 0 Å². The summed E-state index contributed by atoms with van der Waals surface area (Å²) >= 11 is 6.02. The number of carbonyl (C=O) groups is 3. The standard InChI is InChI=1S/C31H34ClF3N2O4/c1-2-41-29(40)30-16-6-4-3-5-10-26(30)37(17-15-21-11-13-24(32)14-12-21)28(39)25(30)19-27(38)36-20-22-8-7-9-23(18-22)31(33,34)35/h7-14,18,25H,2-6,15-17,19-20H2,1H3,(H,36,38)/b26-10+/t25-,30+/m1/s1. The van der Waals surface area contributed by atoms with Gasteiger partial charge in [-0.25, -0.2) is 0 Å². The second kappa shape index (κ2) is 13.1. The van der Waals surface area contributed by atoms with E-state index in [1.165, 1.54) is 12.1 Å². The first-order valence-corrected chi connectivity index (χ1v) is 14.3. The predicted molar refractivity (Wildman–Crippen MR) is 149 cm³/mol. The normalized spacial score (nSPS) is 22.3. The maximum atomic E-state index is 14.0. The molecule has 1 heterocycles. The van der Waals surface area contributed by atoms with Crippen molar-refractivity contribution >= 4 is 29.4 Å². The average Bonchev–Trinajstić information content (AvgIpc) is 3.13. The van der Waals surface area contributed by atoms with Gasteiger partial charge in [0.1, 0.15) is 5.41 Å². The number of alkyl halides is 3. The van der Waals surface area contributed by atoms with Crippen molar-refractivity contribution in [3.63, 3.8) is 0 Å². The van der Waals surface area contributed by atoms with Crippen LogP contribution in [0.4, 0.5) is 13.2 Å². The minimum atomic E-state index is -4.50. The van der Waals surface area contributed by atoms with E-state index in [9.17, 15) is 27.6 Å². The van der Waals surface area contributed by atoms with E-state index in [1.54, 1.807) is 24.0 Å². The second-order valence-electron chi connectivity index (χ2n) is 10.5. The molecule has 220 valence electrons. The van der Waals surface area contributed by atoms with Crippen LogP contribution in [0.1, 0.15) is 62.1 Å². The Kier molecular flexibility index (Phi) is 9.79. The summed E-state index contributed by atoms with van der Waals surface area (Å²) in [5, 5.41) is 3.26. The number of ether oxygens (including phenoxy) is 1. The Morgan fingerprint density at radius 3 is 2.56 bits per heavy atom. The van der Waals surface area contributed by atoms with Gasteiger partial charge in [0.15, 0.2) is 0 Å². The third-order valence-electron chi connectivity index (χ3n) is 7.83. The fraction of sp³-hybridized carbons (Fsp3) is 0.452. The van der Waals surface area contributed by atoms with Gasteiger partial charge in [-0.05, 0) is 68.0 Å². The van der Waals surface area contributed by atoms with E-state index in [-0.39, 0.29) is 31.0 Å². The van der Waals surface area contributed by atoms with Crippen LogP contribution in [0.3, 0.4) is 0 Å². The maximum Gasteiger partial charge on any atom is 0.416 e. The minimum absolute atomic E-state index is 0.126. The molecule has 0 spiro atoms. The zero-order valence-electron chi connectivity index (χ0n) is 22.9. The molecule has 6 nitrogen and oxygen atoms in total. The lowest BCUT2D eigenvalue weighted by molar-refractivity contribution is -0.158. The van der Waals surface area contributed by atoms with Gasteiger partial charge in [-0.2, -0.15) is 13.2 Å². The van der Waals surface area contributed by atoms with Gasteiger partial charge in [-0.1, -0.05) is 54.8 Å². The first-order valence-electron chi connectivity index (χ1n) is 13.9. The van der Waals surface area contributed by atoms with Crippen LogP contribution in [-0.4, -0.2) is 35.8 Å². The number of carbonyl (C=O) groups excluding carboxylic acids is 3. The average molecular weight is 591 g/mol. The molecule has 1 N–H and O–H groups in total. The van der Waals surface area contributed by atoms with E-state index in [0.29, 0.717) is 42.9 Å². The van der Waals surface area contributed by atoms with Crippen LogP contribution >= 0.6 is 11.6 Å². The van der Waals surface area contributed by atoms with E-state index in [4.69, 9.17) is 16.3 Å². The van der Waals surface area contributed by atoms with Gasteiger partial charge in [0.2, 0.25) is 11.8 Å². The maximum absolute atomic E-state index is 14.0. The molecule has 2 aromatic carbocycles. The quantitative estimate of drug-likeness (QED) is 0.340. The third-order valence-corrected chi connectivity index (χ3v) is 8.08. The molecular formula is C31H34ClF3N2O4. The van der Waals surface area contributed by atoms with Crippen LogP contribution in [0.25, 0.3) is 0 Å². The fourth-order valence-corrected chi connectivity index (χ4v) is 5.93. The van der Waals surface area contributed by atoms with E-state index in [1.807, 2.05) is 18.2 Å². The van der Waals surface area contributed by atoms with E-state index in [0.717, 1.165) is 30.5 Å². The summed E-state index contributed by atoms with van der Waals surface area (Å²) in [6, 6.07) is 12.0. The molecule has 10 heteroatoms. The lowest BCUT2D eigenvalue weighted by Crippen LogP contribution is -2.42. The van der Waals surface area contributed by atoms with Gasteiger partial charge in [0.05, 0.1) is 18.1 Å². The highest BCUT2D eigenvalue weighted by Gasteiger charge is 2.61. The molecule has 41 heavy (non-hydrogen) atoms. The Morgan fingerprint density at radius 1 is 1.10 bits per heavy atom. The van der Waals surface area contributed by atoms with Gasteiger partial charge < -0.3 is 15.0 Å². The third kappa shape index (κ3) is 6.94. The largest absolute Gasteiger partial charge is 0.465 e. The smallest absolute Gasteiger partial charge is 0.416 e. The number of nitrogens with zero attached hydrogens (tertiary/aromatic N) is 1. The summed E-state index contributed by atoms with van der Waals surface area (Å²) in [4.78, 5) is 42.5. The van der Waals surface area contributed by atoms with Crippen molar-refractivity contribution in [2.45, 2.75) is 64.6 Å². The number of fused-ring (bicyclic) bond motifs is 1. The molecule has 2 aromatic rings. The summed E-state index contributed by atoms with van der Waals surface area (Å²) in [6.07, 6.45) is 1.22. The van der Waals surface area contributed by atoms with Crippen LogP contribution in [0.15, 0.2) is 60.3 Å². The molecule has 2 aliphatic rings. The zero-order chi connectivity index (χ0) is 29.6. The number of allylic oxidation sites excluding steroid dienone is 1. The molecule has 1 aliphatic carbocycles. The number of hydrogen-bond donors (Lipinski definition) is 1. The van der Waals surface area contributed by atoms with Crippen LogP contribution in [0, 0.1) is 11.3 Å². The summed E-state index contributed by atoms with van der Waals surface area (Å²) in [5.74, 6) is -2.36. The highest BCUT2D eigenvalue weighted by atomic mass is 35.5. The van der Waals surface area contributed by atoms with Crippen molar-refractivity contribution in [1.29, 1.82) is 0 Å². The molecule has 0 bridgehead atoms. The molecule has 2 atom stereocenters. The first kappa shape index (κ1) is 30.6. The highest BCUT2D eigenvalue weighted by molar-refractivity contribution is 6.30. The molecule has 2 amide bonds. The zero-order valence-corrected chi connectivity index (χ0v) is 23.7. The van der Waals surface area contributed by atoms with Crippen molar-refractivity contribution in [2.75, 3.05) is 13.2 Å². The molecule has 0 radical (unpaired) electrons. The number of rotatable bonds is 9. The number of benzene rings is 2. The van der Waals surface area contributed by atoms with Gasteiger partial charge in [-0.3, -0.25) is 14.4 Å². The van der Waals surface area contributed by atoms with E-state index >= 15 is 0 Å². The van der Waals surface area contributed by atoms with E-state index in [2.05, 4.69) is 5.32 Å². The van der Waals surface area contributed by atoms with Crippen LogP contribution in [0.2, 0.25) is 5.02 Å². The van der Waals surface area contributed by atoms with Crippen molar-refractivity contribution < 1.29 is 32.3 Å². The monoisotopic (exact) mass is 590 g/mol. The number of halogens is 4. The van der Waals surface area contributed by atoms with Crippen LogP contribution in [0.5, 0.6) is 0 Å². The number of amides is 2. The van der Waals surface area contributed by atoms with Gasteiger partial charge in [0, 0.05) is 30.2 Å². The Bertz CT molecular complexity index is 1300. The Hall–Kier alpha value is -3.33. The summed E-state index contributed by atoms with van der Waals surface area (Å²) in [6.45, 7) is 2.00. The topological polar surface area (TPSA) is 75.7 Å². The lowest BCUT2D eigenvalue weighted by atomic mass is 9.69. The number of hydrogen-bond acceptors (Lipinski definition) is 4. The number of nitrogens with one attached hydrogen (secondary N) is 1. The first-order chi connectivity index (χ1) is 19.6. The molecular weight excluding hydrogens is 557 g/mol. The van der Waals surface area contributed by atoms with Crippen LogP contribution < -0.4 is 5.32 Å². The fourth-order valence-electron chi connectivity index (χ4n) is 5.80. The molecule has 0 unspecified atom stereocenters. The molecule has 0 saturated carbocycles. The van der Waals surface area contributed by atoms with Crippen molar-refractivity contribution in [2.24, 2.45) is 11.3 Å². The van der Waals surface area contributed by atoms with Gasteiger partial charge >= 0.3 is 12.1 Å². The minimum Gasteiger partial charge on any atom is -0.465 e. The van der Waals surface area contributed by atoms with Crippen molar-refractivity contribution in [3.8, 4) is 0 Å². The Morgan fingerprint density at radius 2 is 1.85 bits per heavy atom. The predicted octanol–water partition coefficient (Wildman–Crippen LogP) is 6.46. The Balaban J connectivity index is 1.60. The van der Waals surface area contributed by atoms with Gasteiger partial charge in [0.25, 0.3) is 0 Å². The Labute approximate surface area is 242 Å². The number of esters is 1. The van der Waals surface area contributed by atoms with E-state index < -0.39 is 34.9 Å². The highest BCUT2D eigenvalue weighted by Crippen LogP contribution is 2.52. The summed E-state index contributed by atoms with van der Waals surface area (Å²) < 4.78 is 44.9. The molecule has 0 aromatic heterocycles. The lowest BCUT2D eigenvalue weighted by Gasteiger charge is -2.34. The number of likely N-dealkylation sites (tertiary alicyclic amines) is 1.